The SMILES string of the molecule is Cc1nn(-c2ccc(C(=O)NC3CCOCC3)cc2)c(C)c1CCC(=O)O. The molecule has 0 bridgehead atoms. The smallest absolute Gasteiger partial charge is 0.303 e. The zero-order valence-corrected chi connectivity index (χ0v) is 15.7. The van der Waals surface area contributed by atoms with Crippen molar-refractivity contribution in [3.8, 4) is 5.69 Å². The van der Waals surface area contributed by atoms with Crippen molar-refractivity contribution in [2.75, 3.05) is 13.2 Å². The van der Waals surface area contributed by atoms with Crippen molar-refractivity contribution in [1.82, 2.24) is 15.1 Å². The zero-order chi connectivity index (χ0) is 19.4. The topological polar surface area (TPSA) is 93.5 Å². The molecule has 2 heterocycles. The number of rotatable bonds is 6. The van der Waals surface area contributed by atoms with Crippen molar-refractivity contribution in [3.63, 3.8) is 0 Å². The summed E-state index contributed by atoms with van der Waals surface area (Å²) < 4.78 is 7.11. The molecule has 1 fully saturated rings. The van der Waals surface area contributed by atoms with Gasteiger partial charge in [0.2, 0.25) is 0 Å². The Morgan fingerprint density at radius 2 is 1.89 bits per heavy atom. The van der Waals surface area contributed by atoms with Gasteiger partial charge in [0.15, 0.2) is 0 Å². The number of nitrogens with zero attached hydrogens (tertiary/aromatic N) is 2. The predicted octanol–water partition coefficient (Wildman–Crippen LogP) is 2.42. The van der Waals surface area contributed by atoms with Crippen LogP contribution >= 0.6 is 0 Å². The molecule has 1 aromatic heterocycles. The van der Waals surface area contributed by atoms with Gasteiger partial charge in [-0.1, -0.05) is 0 Å². The molecule has 0 unspecified atom stereocenters. The highest BCUT2D eigenvalue weighted by atomic mass is 16.5. The van der Waals surface area contributed by atoms with Gasteiger partial charge in [-0.15, -0.1) is 0 Å². The van der Waals surface area contributed by atoms with E-state index in [1.165, 1.54) is 0 Å². The van der Waals surface area contributed by atoms with Gasteiger partial charge in [-0.25, -0.2) is 4.68 Å². The summed E-state index contributed by atoms with van der Waals surface area (Å²) in [4.78, 5) is 23.2. The van der Waals surface area contributed by atoms with E-state index >= 15 is 0 Å². The minimum Gasteiger partial charge on any atom is -0.481 e. The summed E-state index contributed by atoms with van der Waals surface area (Å²) >= 11 is 0. The van der Waals surface area contributed by atoms with Crippen molar-refractivity contribution < 1.29 is 19.4 Å². The van der Waals surface area contributed by atoms with Crippen LogP contribution in [-0.2, 0) is 16.0 Å². The van der Waals surface area contributed by atoms with E-state index in [0.717, 1.165) is 35.5 Å². The van der Waals surface area contributed by atoms with Gasteiger partial charge in [0.1, 0.15) is 0 Å². The molecule has 0 spiro atoms. The molecule has 7 heteroatoms. The first kappa shape index (κ1) is 19.1. The Bertz CT molecular complexity index is 820. The molecule has 1 aromatic carbocycles. The second kappa shape index (κ2) is 8.35. The third-order valence-corrected chi connectivity index (χ3v) is 4.96. The first-order chi connectivity index (χ1) is 13.0. The highest BCUT2D eigenvalue weighted by molar-refractivity contribution is 5.94. The Kier molecular flexibility index (Phi) is 5.91. The summed E-state index contributed by atoms with van der Waals surface area (Å²) in [6, 6.07) is 7.46. The monoisotopic (exact) mass is 371 g/mol. The summed E-state index contributed by atoms with van der Waals surface area (Å²) in [7, 11) is 0. The van der Waals surface area contributed by atoms with Gasteiger partial charge in [0, 0.05) is 36.9 Å². The molecular weight excluding hydrogens is 346 g/mol. The van der Waals surface area contributed by atoms with Crippen LogP contribution in [0.2, 0.25) is 0 Å². The number of hydrogen-bond acceptors (Lipinski definition) is 4. The average Bonchev–Trinajstić information content (AvgIpc) is 2.95. The quantitative estimate of drug-likeness (QED) is 0.813. The third-order valence-electron chi connectivity index (χ3n) is 4.96. The number of aliphatic carboxylic acids is 1. The number of hydrogen-bond donors (Lipinski definition) is 2. The molecule has 27 heavy (non-hydrogen) atoms. The molecule has 1 aliphatic rings. The third kappa shape index (κ3) is 4.54. The Labute approximate surface area is 158 Å². The fourth-order valence-electron chi connectivity index (χ4n) is 3.38. The molecule has 0 atom stereocenters. The minimum absolute atomic E-state index is 0.0797. The standard InChI is InChI=1S/C20H25N3O4/c1-13-18(7-8-19(24)25)14(2)23(22-13)17-5-3-15(4-6-17)20(26)21-16-9-11-27-12-10-16/h3-6,16H,7-12H2,1-2H3,(H,21,26)(H,24,25). The molecule has 2 aromatic rings. The van der Waals surface area contributed by atoms with E-state index < -0.39 is 5.97 Å². The maximum atomic E-state index is 12.4. The van der Waals surface area contributed by atoms with E-state index in [2.05, 4.69) is 10.4 Å². The van der Waals surface area contributed by atoms with E-state index in [1.807, 2.05) is 26.0 Å². The molecular formula is C20H25N3O4. The van der Waals surface area contributed by atoms with Gasteiger partial charge in [-0.3, -0.25) is 9.59 Å². The van der Waals surface area contributed by atoms with Crippen molar-refractivity contribution >= 4 is 11.9 Å². The lowest BCUT2D eigenvalue weighted by atomic mass is 10.1. The van der Waals surface area contributed by atoms with E-state index in [-0.39, 0.29) is 18.4 Å². The normalized spacial score (nSPS) is 14.9. The number of benzene rings is 1. The van der Waals surface area contributed by atoms with Crippen LogP contribution in [0.15, 0.2) is 24.3 Å². The second-order valence-corrected chi connectivity index (χ2v) is 6.86. The Hall–Kier alpha value is -2.67. The maximum absolute atomic E-state index is 12.4. The van der Waals surface area contributed by atoms with E-state index in [9.17, 15) is 9.59 Å². The molecule has 0 saturated carbocycles. The lowest BCUT2D eigenvalue weighted by Gasteiger charge is -2.23. The molecule has 2 N–H and O–H groups in total. The predicted molar refractivity (Wildman–Crippen MR) is 100 cm³/mol. The van der Waals surface area contributed by atoms with Crippen LogP contribution in [0.5, 0.6) is 0 Å². The van der Waals surface area contributed by atoms with E-state index in [4.69, 9.17) is 9.84 Å². The summed E-state index contributed by atoms with van der Waals surface area (Å²) in [5, 5.41) is 16.5. The van der Waals surface area contributed by atoms with Crippen molar-refractivity contribution in [2.24, 2.45) is 0 Å². The number of ether oxygens (including phenoxy) is 1. The first-order valence-corrected chi connectivity index (χ1v) is 9.21. The number of amides is 1. The van der Waals surface area contributed by atoms with E-state index in [1.54, 1.807) is 16.8 Å². The summed E-state index contributed by atoms with van der Waals surface area (Å²) in [6.45, 7) is 5.19. The van der Waals surface area contributed by atoms with Crippen molar-refractivity contribution in [1.29, 1.82) is 0 Å². The second-order valence-electron chi connectivity index (χ2n) is 6.86. The number of carbonyl (C=O) groups is 2. The molecule has 1 saturated heterocycles. The average molecular weight is 371 g/mol. The maximum Gasteiger partial charge on any atom is 0.303 e. The van der Waals surface area contributed by atoms with Gasteiger partial charge >= 0.3 is 5.97 Å². The summed E-state index contributed by atoms with van der Waals surface area (Å²) in [5.41, 5.74) is 4.17. The Balaban J connectivity index is 1.72. The van der Waals surface area contributed by atoms with Crippen LogP contribution in [0.1, 0.15) is 46.6 Å². The molecule has 144 valence electrons. The van der Waals surface area contributed by atoms with E-state index in [0.29, 0.717) is 25.2 Å². The fraction of sp³-hybridized carbons (Fsp3) is 0.450. The number of nitrogens with one attached hydrogen (secondary N) is 1. The lowest BCUT2D eigenvalue weighted by molar-refractivity contribution is -0.136. The van der Waals surface area contributed by atoms with Crippen LogP contribution in [0.3, 0.4) is 0 Å². The van der Waals surface area contributed by atoms with Crippen LogP contribution in [0.25, 0.3) is 5.69 Å². The van der Waals surface area contributed by atoms with Gasteiger partial charge in [-0.2, -0.15) is 5.10 Å². The molecule has 0 aliphatic carbocycles. The molecule has 1 aliphatic heterocycles. The Morgan fingerprint density at radius 1 is 1.22 bits per heavy atom. The molecule has 7 nitrogen and oxygen atoms in total. The highest BCUT2D eigenvalue weighted by Gasteiger charge is 2.18. The number of carboxylic acid groups (broad SMARTS) is 1. The van der Waals surface area contributed by atoms with Crippen LogP contribution in [0, 0.1) is 13.8 Å². The van der Waals surface area contributed by atoms with Crippen molar-refractivity contribution in [2.45, 2.75) is 45.6 Å². The van der Waals surface area contributed by atoms with Crippen LogP contribution in [-0.4, -0.2) is 46.0 Å². The number of aromatic nitrogens is 2. The lowest BCUT2D eigenvalue weighted by Crippen LogP contribution is -2.38. The molecule has 0 radical (unpaired) electrons. The zero-order valence-electron chi connectivity index (χ0n) is 15.7. The summed E-state index contributed by atoms with van der Waals surface area (Å²) in [6.07, 6.45) is 2.22. The van der Waals surface area contributed by atoms with Gasteiger partial charge in [0.05, 0.1) is 11.4 Å². The van der Waals surface area contributed by atoms with Crippen LogP contribution < -0.4 is 5.32 Å². The first-order valence-electron chi connectivity index (χ1n) is 9.21. The number of carboxylic acids is 1. The largest absolute Gasteiger partial charge is 0.481 e. The van der Waals surface area contributed by atoms with Crippen LogP contribution in [0.4, 0.5) is 0 Å². The molecule has 3 rings (SSSR count). The van der Waals surface area contributed by atoms with Gasteiger partial charge < -0.3 is 15.2 Å². The molecule has 1 amide bonds. The van der Waals surface area contributed by atoms with Gasteiger partial charge in [0.25, 0.3) is 5.91 Å². The summed E-state index contributed by atoms with van der Waals surface area (Å²) in [5.74, 6) is -0.898. The number of aryl methyl sites for hydroxylation is 1. The highest BCUT2D eigenvalue weighted by Crippen LogP contribution is 2.20. The van der Waals surface area contributed by atoms with Crippen molar-refractivity contribution in [3.05, 3.63) is 46.8 Å². The fourth-order valence-corrected chi connectivity index (χ4v) is 3.38. The van der Waals surface area contributed by atoms with Gasteiger partial charge in [-0.05, 0) is 62.9 Å². The number of carbonyl (C=O) groups excluding carboxylic acids is 1. The minimum atomic E-state index is -0.818. The Morgan fingerprint density at radius 3 is 2.52 bits per heavy atom.